The van der Waals surface area contributed by atoms with E-state index in [1.54, 1.807) is 0 Å². The van der Waals surface area contributed by atoms with Crippen molar-refractivity contribution in [1.29, 1.82) is 0 Å². The Balaban J connectivity index is 3.83. The second kappa shape index (κ2) is 4.62. The van der Waals surface area contributed by atoms with Crippen LogP contribution in [0.15, 0.2) is 0 Å². The van der Waals surface area contributed by atoms with Gasteiger partial charge in [0.25, 0.3) is 0 Å². The Morgan fingerprint density at radius 3 is 2.42 bits per heavy atom. The maximum absolute atomic E-state index is 10.6. The molecule has 0 spiro atoms. The number of ether oxygens (including phenoxy) is 1. The summed E-state index contributed by atoms with van der Waals surface area (Å²) >= 11 is 0. The summed E-state index contributed by atoms with van der Waals surface area (Å²) in [5, 5.41) is 0. The third-order valence-corrected chi connectivity index (χ3v) is 2.80. The molecular weight excluding hydrogens is 172 g/mol. The lowest BCUT2D eigenvalue weighted by Crippen LogP contribution is -2.30. The van der Waals surface area contributed by atoms with Gasteiger partial charge in [0.1, 0.15) is 16.6 Å². The second-order valence-electron chi connectivity index (χ2n) is 3.59. The fourth-order valence-corrected chi connectivity index (χ4v) is 1.27. The van der Waals surface area contributed by atoms with Crippen LogP contribution in [0.4, 0.5) is 0 Å². The number of hydrogen-bond donors (Lipinski definition) is 0. The van der Waals surface area contributed by atoms with Crippen molar-refractivity contribution < 1.29 is 14.0 Å². The van der Waals surface area contributed by atoms with Crippen LogP contribution in [0.1, 0.15) is 34.1 Å². The predicted octanol–water partition coefficient (Wildman–Crippen LogP) is 0.404. The van der Waals surface area contributed by atoms with E-state index in [1.165, 1.54) is 6.92 Å². The molecule has 0 aromatic rings. The molecule has 0 radical (unpaired) electrons. The smallest absolute Gasteiger partial charge is 0.302 e. The first-order chi connectivity index (χ1) is 5.37. The van der Waals surface area contributed by atoms with Crippen LogP contribution >= 0.6 is 0 Å². The third-order valence-electron chi connectivity index (χ3n) is 1.70. The molecule has 0 rings (SSSR count). The highest BCUT2D eigenvalue weighted by Crippen LogP contribution is 2.16. The largest absolute Gasteiger partial charge is 0.463 e. The number of hydrogen-bond acceptors (Lipinski definition) is 3. The first-order valence-corrected chi connectivity index (χ1v) is 4.91. The average Bonchev–Trinajstić information content (AvgIpc) is 1.84. The van der Waals surface area contributed by atoms with Crippen molar-refractivity contribution in [3.05, 3.63) is 0 Å². The summed E-state index contributed by atoms with van der Waals surface area (Å²) < 4.78 is 10.3. The molecular formula is C8H18O3Si. The molecule has 1 atom stereocenters. The van der Waals surface area contributed by atoms with Gasteiger partial charge in [-0.3, -0.25) is 4.79 Å². The van der Waals surface area contributed by atoms with E-state index in [2.05, 4.69) is 0 Å². The van der Waals surface area contributed by atoms with Gasteiger partial charge in [0.2, 0.25) is 0 Å². The molecule has 72 valence electrons. The van der Waals surface area contributed by atoms with E-state index in [4.69, 9.17) is 9.16 Å². The SMILES string of the molecule is CC(=O)OC(C)CC(C)(C)O[SiH3]. The fraction of sp³-hybridized carbons (Fsp3) is 0.875. The zero-order valence-electron chi connectivity index (χ0n) is 8.51. The molecule has 0 aliphatic heterocycles. The van der Waals surface area contributed by atoms with Crippen molar-refractivity contribution in [2.24, 2.45) is 0 Å². The first kappa shape index (κ1) is 11.6. The molecule has 0 saturated carbocycles. The molecule has 1 unspecified atom stereocenters. The van der Waals surface area contributed by atoms with Gasteiger partial charge in [-0.05, 0) is 20.8 Å². The van der Waals surface area contributed by atoms with E-state index in [9.17, 15) is 4.79 Å². The van der Waals surface area contributed by atoms with Gasteiger partial charge in [0.05, 0.1) is 5.60 Å². The van der Waals surface area contributed by atoms with E-state index in [-0.39, 0.29) is 17.7 Å². The fourth-order valence-electron chi connectivity index (χ4n) is 1.10. The molecule has 0 saturated heterocycles. The molecule has 0 aromatic carbocycles. The second-order valence-corrected chi connectivity index (χ2v) is 4.00. The average molecular weight is 190 g/mol. The van der Waals surface area contributed by atoms with E-state index in [0.29, 0.717) is 10.5 Å². The van der Waals surface area contributed by atoms with Crippen LogP contribution in [0, 0.1) is 0 Å². The van der Waals surface area contributed by atoms with Gasteiger partial charge in [-0.25, -0.2) is 0 Å². The Kier molecular flexibility index (Phi) is 4.48. The van der Waals surface area contributed by atoms with Gasteiger partial charge in [-0.1, -0.05) is 0 Å². The van der Waals surface area contributed by atoms with E-state index in [1.807, 2.05) is 20.8 Å². The molecule has 4 heteroatoms. The molecule has 0 bridgehead atoms. The number of rotatable bonds is 4. The Labute approximate surface area is 77.0 Å². The van der Waals surface area contributed by atoms with Gasteiger partial charge >= 0.3 is 5.97 Å². The van der Waals surface area contributed by atoms with Crippen LogP contribution in [0.3, 0.4) is 0 Å². The lowest BCUT2D eigenvalue weighted by molar-refractivity contribution is -0.147. The molecule has 3 nitrogen and oxygen atoms in total. The summed E-state index contributed by atoms with van der Waals surface area (Å²) in [5.41, 5.74) is -0.166. The standard InChI is InChI=1S/C8H18O3Si/c1-6(10-7(2)9)5-8(3,4)11-12/h6H,5H2,1-4,12H3. The summed E-state index contributed by atoms with van der Waals surface area (Å²) in [5.74, 6) is -0.230. The highest BCUT2D eigenvalue weighted by molar-refractivity contribution is 5.98. The Morgan fingerprint density at radius 2 is 2.08 bits per heavy atom. The predicted molar refractivity (Wildman–Crippen MR) is 50.9 cm³/mol. The van der Waals surface area contributed by atoms with Gasteiger partial charge in [-0.2, -0.15) is 0 Å². The maximum Gasteiger partial charge on any atom is 0.302 e. The lowest BCUT2D eigenvalue weighted by Gasteiger charge is -2.26. The molecule has 0 aliphatic rings. The van der Waals surface area contributed by atoms with E-state index < -0.39 is 0 Å². The van der Waals surface area contributed by atoms with Crippen LogP contribution in [0.5, 0.6) is 0 Å². The quantitative estimate of drug-likeness (QED) is 0.475. The van der Waals surface area contributed by atoms with Crippen LogP contribution < -0.4 is 0 Å². The van der Waals surface area contributed by atoms with Crippen molar-refractivity contribution in [1.82, 2.24) is 0 Å². The van der Waals surface area contributed by atoms with Crippen LogP contribution in [0.2, 0.25) is 0 Å². The van der Waals surface area contributed by atoms with Crippen molar-refractivity contribution in [2.45, 2.75) is 45.8 Å². The van der Waals surface area contributed by atoms with Gasteiger partial charge in [0, 0.05) is 13.3 Å². The topological polar surface area (TPSA) is 35.5 Å². The highest BCUT2D eigenvalue weighted by Gasteiger charge is 2.20. The normalized spacial score (nSPS) is 14.3. The van der Waals surface area contributed by atoms with Gasteiger partial charge in [-0.15, -0.1) is 0 Å². The van der Waals surface area contributed by atoms with Crippen molar-refractivity contribution in [3.63, 3.8) is 0 Å². The molecule has 0 amide bonds. The number of carbonyl (C=O) groups excluding carboxylic acids is 1. The minimum atomic E-state index is -0.230. The number of carbonyl (C=O) groups is 1. The lowest BCUT2D eigenvalue weighted by atomic mass is 10.0. The Bertz CT molecular complexity index is 156. The highest BCUT2D eigenvalue weighted by atomic mass is 28.2. The summed E-state index contributed by atoms with van der Waals surface area (Å²) in [6, 6.07) is 0. The molecule has 0 heterocycles. The zero-order valence-corrected chi connectivity index (χ0v) is 10.5. The Morgan fingerprint density at radius 1 is 1.58 bits per heavy atom. The number of esters is 1. The minimum absolute atomic E-state index is 0.0635. The molecule has 0 fully saturated rings. The van der Waals surface area contributed by atoms with Gasteiger partial charge in [0.15, 0.2) is 0 Å². The summed E-state index contributed by atoms with van der Waals surface area (Å²) in [7, 11) is 0.711. The molecule has 12 heavy (non-hydrogen) atoms. The van der Waals surface area contributed by atoms with Crippen molar-refractivity contribution in [2.75, 3.05) is 0 Å². The molecule has 0 N–H and O–H groups in total. The van der Waals surface area contributed by atoms with Crippen LogP contribution in [-0.2, 0) is 14.0 Å². The van der Waals surface area contributed by atoms with Crippen molar-refractivity contribution >= 4 is 16.5 Å². The molecule has 0 aliphatic carbocycles. The zero-order chi connectivity index (χ0) is 9.78. The van der Waals surface area contributed by atoms with Crippen LogP contribution in [0.25, 0.3) is 0 Å². The monoisotopic (exact) mass is 190 g/mol. The minimum Gasteiger partial charge on any atom is -0.463 e. The van der Waals surface area contributed by atoms with Crippen molar-refractivity contribution in [3.8, 4) is 0 Å². The summed E-state index contributed by atoms with van der Waals surface area (Å²) in [6.45, 7) is 7.30. The first-order valence-electron chi connectivity index (χ1n) is 4.10. The van der Waals surface area contributed by atoms with Crippen LogP contribution in [-0.4, -0.2) is 28.2 Å². The Hall–Kier alpha value is -0.353. The van der Waals surface area contributed by atoms with Gasteiger partial charge < -0.3 is 9.16 Å². The maximum atomic E-state index is 10.6. The summed E-state index contributed by atoms with van der Waals surface area (Å²) in [6.07, 6.45) is 0.683. The van der Waals surface area contributed by atoms with E-state index in [0.717, 1.165) is 6.42 Å². The molecule has 0 aromatic heterocycles. The third kappa shape index (κ3) is 5.32. The van der Waals surface area contributed by atoms with E-state index >= 15 is 0 Å². The summed E-state index contributed by atoms with van der Waals surface area (Å²) in [4.78, 5) is 10.6.